The Morgan fingerprint density at radius 2 is 1.15 bits per heavy atom. The molecular formula is C22H31N3O. The van der Waals surface area contributed by atoms with E-state index >= 15 is 0 Å². The van der Waals surface area contributed by atoms with Crippen LogP contribution >= 0.6 is 0 Å². The summed E-state index contributed by atoms with van der Waals surface area (Å²) in [6.45, 7) is 6.72. The minimum Gasteiger partial charge on any atom is -0.508 e. The summed E-state index contributed by atoms with van der Waals surface area (Å²) < 4.78 is 0. The summed E-state index contributed by atoms with van der Waals surface area (Å²) in [4.78, 5) is 2.49. The number of unbranched alkanes of at least 4 members (excludes halogenated alkanes) is 4. The van der Waals surface area contributed by atoms with Gasteiger partial charge in [0.2, 0.25) is 0 Å². The summed E-state index contributed by atoms with van der Waals surface area (Å²) in [5, 5.41) is 17.8. The molecule has 0 aliphatic heterocycles. The van der Waals surface area contributed by atoms with E-state index in [2.05, 4.69) is 41.1 Å². The summed E-state index contributed by atoms with van der Waals surface area (Å²) in [6.07, 6.45) is 7.54. The third-order valence-electron chi connectivity index (χ3n) is 4.41. The summed E-state index contributed by atoms with van der Waals surface area (Å²) >= 11 is 0. The molecule has 2 aromatic rings. The molecule has 2 rings (SSSR count). The first kappa shape index (κ1) is 20.0. The van der Waals surface area contributed by atoms with E-state index in [0.29, 0.717) is 0 Å². The fraction of sp³-hybridized carbons (Fsp3) is 0.455. The topological polar surface area (TPSA) is 48.2 Å². The van der Waals surface area contributed by atoms with Gasteiger partial charge in [-0.15, -0.1) is 0 Å². The number of benzene rings is 2. The Kier molecular flexibility index (Phi) is 8.67. The lowest BCUT2D eigenvalue weighted by Gasteiger charge is -2.25. The molecule has 0 amide bonds. The Hall–Kier alpha value is -2.36. The molecule has 0 aliphatic rings. The summed E-state index contributed by atoms with van der Waals surface area (Å²) in [5.41, 5.74) is 2.83. The second-order valence-corrected chi connectivity index (χ2v) is 6.63. The van der Waals surface area contributed by atoms with Crippen molar-refractivity contribution in [3.63, 3.8) is 0 Å². The molecule has 2 aromatic carbocycles. The predicted molar refractivity (Wildman–Crippen MR) is 110 cm³/mol. The van der Waals surface area contributed by atoms with Crippen LogP contribution in [0.1, 0.15) is 52.4 Å². The van der Waals surface area contributed by atoms with Gasteiger partial charge in [0.05, 0.1) is 11.4 Å². The van der Waals surface area contributed by atoms with Crippen LogP contribution in [0.15, 0.2) is 58.8 Å². The van der Waals surface area contributed by atoms with Crippen molar-refractivity contribution in [2.75, 3.05) is 18.0 Å². The molecule has 0 aromatic heterocycles. The van der Waals surface area contributed by atoms with E-state index in [9.17, 15) is 5.11 Å². The lowest BCUT2D eigenvalue weighted by molar-refractivity contribution is 0.475. The Bertz CT molecular complexity index is 640. The highest BCUT2D eigenvalue weighted by atomic mass is 16.3. The van der Waals surface area contributed by atoms with Gasteiger partial charge < -0.3 is 10.0 Å². The molecule has 0 saturated heterocycles. The van der Waals surface area contributed by atoms with Crippen LogP contribution in [0.25, 0.3) is 0 Å². The fourth-order valence-electron chi connectivity index (χ4n) is 2.84. The first-order valence-corrected chi connectivity index (χ1v) is 9.78. The molecule has 0 bridgehead atoms. The van der Waals surface area contributed by atoms with E-state index in [1.54, 1.807) is 24.3 Å². The molecule has 4 nitrogen and oxygen atoms in total. The van der Waals surface area contributed by atoms with Crippen LogP contribution in [-0.2, 0) is 0 Å². The van der Waals surface area contributed by atoms with Crippen molar-refractivity contribution in [1.29, 1.82) is 0 Å². The zero-order valence-corrected chi connectivity index (χ0v) is 16.1. The molecule has 26 heavy (non-hydrogen) atoms. The van der Waals surface area contributed by atoms with Crippen molar-refractivity contribution < 1.29 is 5.11 Å². The number of azo groups is 1. The molecule has 0 atom stereocenters. The minimum absolute atomic E-state index is 0.236. The molecule has 0 radical (unpaired) electrons. The van der Waals surface area contributed by atoms with Crippen LogP contribution < -0.4 is 4.90 Å². The molecule has 0 heterocycles. The highest BCUT2D eigenvalue weighted by Crippen LogP contribution is 2.24. The smallest absolute Gasteiger partial charge is 0.115 e. The third kappa shape index (κ3) is 6.87. The standard InChI is InChI=1S/C22H31N3O/c1-3-5-7-17-25(18-8-6-4-2)21-13-9-19(10-14-21)23-24-20-11-15-22(26)16-12-20/h9-16,26H,3-8,17-18H2,1-2H3. The lowest BCUT2D eigenvalue weighted by atomic mass is 10.2. The fourth-order valence-corrected chi connectivity index (χ4v) is 2.84. The van der Waals surface area contributed by atoms with Crippen LogP contribution in [0, 0.1) is 0 Å². The number of hydrogen-bond acceptors (Lipinski definition) is 4. The van der Waals surface area contributed by atoms with E-state index in [-0.39, 0.29) is 5.75 Å². The van der Waals surface area contributed by atoms with Gasteiger partial charge in [-0.3, -0.25) is 0 Å². The van der Waals surface area contributed by atoms with Crippen molar-refractivity contribution in [2.45, 2.75) is 52.4 Å². The van der Waals surface area contributed by atoms with Gasteiger partial charge in [0, 0.05) is 18.8 Å². The summed E-state index contributed by atoms with van der Waals surface area (Å²) in [7, 11) is 0. The average molecular weight is 354 g/mol. The molecule has 140 valence electrons. The van der Waals surface area contributed by atoms with Gasteiger partial charge in [-0.2, -0.15) is 10.2 Å². The number of phenols is 1. The number of rotatable bonds is 11. The number of nitrogens with zero attached hydrogens (tertiary/aromatic N) is 3. The van der Waals surface area contributed by atoms with Crippen LogP contribution in [0.5, 0.6) is 5.75 Å². The van der Waals surface area contributed by atoms with Crippen molar-refractivity contribution >= 4 is 17.1 Å². The average Bonchev–Trinajstić information content (AvgIpc) is 2.67. The maximum absolute atomic E-state index is 9.30. The predicted octanol–water partition coefficient (Wildman–Crippen LogP) is 6.99. The first-order chi connectivity index (χ1) is 12.7. The molecule has 4 heteroatoms. The van der Waals surface area contributed by atoms with Crippen molar-refractivity contribution in [3.05, 3.63) is 48.5 Å². The van der Waals surface area contributed by atoms with Crippen LogP contribution in [0.3, 0.4) is 0 Å². The largest absolute Gasteiger partial charge is 0.508 e. The van der Waals surface area contributed by atoms with Gasteiger partial charge >= 0.3 is 0 Å². The maximum Gasteiger partial charge on any atom is 0.115 e. The maximum atomic E-state index is 9.30. The quantitative estimate of drug-likeness (QED) is 0.349. The van der Waals surface area contributed by atoms with Gasteiger partial charge in [-0.25, -0.2) is 0 Å². The second-order valence-electron chi connectivity index (χ2n) is 6.63. The molecular weight excluding hydrogens is 322 g/mol. The highest BCUT2D eigenvalue weighted by molar-refractivity contribution is 5.53. The zero-order valence-electron chi connectivity index (χ0n) is 16.1. The summed E-state index contributed by atoms with van der Waals surface area (Å²) in [5.74, 6) is 0.236. The Balaban J connectivity index is 1.99. The Morgan fingerprint density at radius 3 is 1.62 bits per heavy atom. The Morgan fingerprint density at radius 1 is 0.692 bits per heavy atom. The number of hydrogen-bond donors (Lipinski definition) is 1. The van der Waals surface area contributed by atoms with Crippen LogP contribution in [0.4, 0.5) is 17.1 Å². The SMILES string of the molecule is CCCCCN(CCCCC)c1ccc(N=Nc2ccc(O)cc2)cc1. The van der Waals surface area contributed by atoms with E-state index < -0.39 is 0 Å². The zero-order chi connectivity index (χ0) is 18.6. The van der Waals surface area contributed by atoms with Gasteiger partial charge in [-0.05, 0) is 61.4 Å². The number of phenolic OH excluding ortho intramolecular Hbond substituents is 1. The molecule has 0 fully saturated rings. The van der Waals surface area contributed by atoms with Gasteiger partial charge in [0.1, 0.15) is 5.75 Å². The van der Waals surface area contributed by atoms with Crippen LogP contribution in [-0.4, -0.2) is 18.2 Å². The van der Waals surface area contributed by atoms with Gasteiger partial charge in [0.25, 0.3) is 0 Å². The minimum atomic E-state index is 0.236. The van der Waals surface area contributed by atoms with E-state index in [0.717, 1.165) is 24.5 Å². The van der Waals surface area contributed by atoms with E-state index in [4.69, 9.17) is 0 Å². The van der Waals surface area contributed by atoms with Crippen molar-refractivity contribution in [3.8, 4) is 5.75 Å². The molecule has 0 unspecified atom stereocenters. The third-order valence-corrected chi connectivity index (χ3v) is 4.41. The second kappa shape index (κ2) is 11.3. The van der Waals surface area contributed by atoms with E-state index in [1.165, 1.54) is 44.2 Å². The highest BCUT2D eigenvalue weighted by Gasteiger charge is 2.06. The first-order valence-electron chi connectivity index (χ1n) is 9.78. The van der Waals surface area contributed by atoms with E-state index in [1.807, 2.05) is 12.1 Å². The monoisotopic (exact) mass is 353 g/mol. The van der Waals surface area contributed by atoms with Gasteiger partial charge in [-0.1, -0.05) is 39.5 Å². The van der Waals surface area contributed by atoms with Crippen molar-refractivity contribution in [2.24, 2.45) is 10.2 Å². The lowest BCUT2D eigenvalue weighted by Crippen LogP contribution is -2.25. The number of aromatic hydroxyl groups is 1. The molecule has 1 N–H and O–H groups in total. The van der Waals surface area contributed by atoms with Crippen molar-refractivity contribution in [1.82, 2.24) is 0 Å². The molecule has 0 aliphatic carbocycles. The number of anilines is 1. The van der Waals surface area contributed by atoms with Gasteiger partial charge in [0.15, 0.2) is 0 Å². The summed E-state index contributed by atoms with van der Waals surface area (Å²) in [6, 6.07) is 15.0. The molecule has 0 spiro atoms. The Labute approximate surface area is 157 Å². The normalized spacial score (nSPS) is 11.2. The van der Waals surface area contributed by atoms with Crippen LogP contribution in [0.2, 0.25) is 0 Å². The molecule has 0 saturated carbocycles.